The topological polar surface area (TPSA) is 95.8 Å². The molecule has 252 valence electrons. The van der Waals surface area contributed by atoms with E-state index in [0.717, 1.165) is 42.7 Å². The molecule has 0 aliphatic heterocycles. The Morgan fingerprint density at radius 1 is 0.596 bits per heavy atom. The lowest BCUT2D eigenvalue weighted by Gasteiger charge is -2.17. The van der Waals surface area contributed by atoms with Gasteiger partial charge in [-0.2, -0.15) is 0 Å². The van der Waals surface area contributed by atoms with Gasteiger partial charge in [0.2, 0.25) is 0 Å². The largest absolute Gasteiger partial charge is 0.507 e. The van der Waals surface area contributed by atoms with Gasteiger partial charge in [-0.15, -0.1) is 0 Å². The first-order chi connectivity index (χ1) is 22.9. The number of hydrogen-bond donors (Lipinski definition) is 1. The van der Waals surface area contributed by atoms with E-state index in [4.69, 9.17) is 33.9 Å². The minimum atomic E-state index is 0.0335. The lowest BCUT2D eigenvalue weighted by atomic mass is 10.0. The van der Waals surface area contributed by atoms with Crippen LogP contribution >= 0.6 is 0 Å². The molecule has 0 saturated heterocycles. The van der Waals surface area contributed by atoms with Gasteiger partial charge in [0, 0.05) is 17.7 Å². The van der Waals surface area contributed by atoms with E-state index in [2.05, 4.69) is 27.7 Å². The quantitative estimate of drug-likeness (QED) is 0.108. The molecule has 0 spiro atoms. The highest BCUT2D eigenvalue weighted by molar-refractivity contribution is 5.73. The molecule has 0 saturated carbocycles. The summed E-state index contributed by atoms with van der Waals surface area (Å²) in [5.74, 6) is 4.90. The molecule has 0 aliphatic carbocycles. The number of unbranched alkanes of at least 4 members (excludes halogenated alkanes) is 2. The molecular formula is C39H51N3O5. The van der Waals surface area contributed by atoms with Gasteiger partial charge < -0.3 is 24.1 Å². The molecule has 1 aromatic heterocycles. The summed E-state index contributed by atoms with van der Waals surface area (Å²) in [5.41, 5.74) is 1.95. The summed E-state index contributed by atoms with van der Waals surface area (Å²) in [7, 11) is 3.26. The Balaban J connectivity index is 1.68. The van der Waals surface area contributed by atoms with Gasteiger partial charge in [0.15, 0.2) is 17.5 Å². The highest BCUT2D eigenvalue weighted by atomic mass is 16.5. The van der Waals surface area contributed by atoms with E-state index in [0.29, 0.717) is 65.1 Å². The first-order valence-corrected chi connectivity index (χ1v) is 17.1. The van der Waals surface area contributed by atoms with E-state index in [9.17, 15) is 5.11 Å². The van der Waals surface area contributed by atoms with Crippen LogP contribution in [0, 0.1) is 11.8 Å². The zero-order valence-electron chi connectivity index (χ0n) is 28.9. The van der Waals surface area contributed by atoms with Crippen LogP contribution in [0.1, 0.15) is 79.1 Å². The number of aromatic nitrogens is 3. The Morgan fingerprint density at radius 2 is 1.11 bits per heavy atom. The van der Waals surface area contributed by atoms with Gasteiger partial charge >= 0.3 is 0 Å². The smallest absolute Gasteiger partial charge is 0.167 e. The Bertz CT molecular complexity index is 1540. The molecule has 2 atom stereocenters. The fourth-order valence-corrected chi connectivity index (χ4v) is 5.45. The molecule has 0 aliphatic rings. The van der Waals surface area contributed by atoms with Crippen LogP contribution in [-0.4, -0.2) is 47.5 Å². The second-order valence-electron chi connectivity index (χ2n) is 12.0. The molecule has 1 heterocycles. The number of benzene rings is 3. The van der Waals surface area contributed by atoms with E-state index in [-0.39, 0.29) is 5.75 Å². The van der Waals surface area contributed by atoms with E-state index in [1.807, 2.05) is 48.5 Å². The number of methoxy groups -OCH3 is 2. The predicted octanol–water partition coefficient (Wildman–Crippen LogP) is 9.79. The van der Waals surface area contributed by atoms with Crippen LogP contribution in [0.25, 0.3) is 34.2 Å². The minimum absolute atomic E-state index is 0.0335. The van der Waals surface area contributed by atoms with Crippen LogP contribution in [0.15, 0.2) is 60.7 Å². The third-order valence-electron chi connectivity index (χ3n) is 8.67. The molecular weight excluding hydrogens is 590 g/mol. The Kier molecular flexibility index (Phi) is 13.7. The van der Waals surface area contributed by atoms with E-state index in [1.165, 1.54) is 25.7 Å². The molecule has 2 unspecified atom stereocenters. The normalized spacial score (nSPS) is 12.4. The molecule has 8 heteroatoms. The third-order valence-corrected chi connectivity index (χ3v) is 8.67. The van der Waals surface area contributed by atoms with Crippen molar-refractivity contribution in [3.63, 3.8) is 0 Å². The maximum atomic E-state index is 11.2. The van der Waals surface area contributed by atoms with Crippen molar-refractivity contribution >= 4 is 0 Å². The number of hydrogen-bond acceptors (Lipinski definition) is 8. The van der Waals surface area contributed by atoms with Gasteiger partial charge in [0.1, 0.15) is 28.7 Å². The number of phenols is 1. The lowest BCUT2D eigenvalue weighted by molar-refractivity contribution is 0.232. The van der Waals surface area contributed by atoms with Crippen LogP contribution in [0.4, 0.5) is 0 Å². The highest BCUT2D eigenvalue weighted by Crippen LogP contribution is 2.36. The predicted molar refractivity (Wildman–Crippen MR) is 189 cm³/mol. The van der Waals surface area contributed by atoms with Crippen molar-refractivity contribution < 1.29 is 24.1 Å². The minimum Gasteiger partial charge on any atom is -0.507 e. The zero-order valence-corrected chi connectivity index (χ0v) is 28.9. The molecule has 0 radical (unpaired) electrons. The molecule has 47 heavy (non-hydrogen) atoms. The molecule has 1 N–H and O–H groups in total. The van der Waals surface area contributed by atoms with Crippen molar-refractivity contribution in [2.75, 3.05) is 27.4 Å². The molecule has 0 fully saturated rings. The summed E-state index contributed by atoms with van der Waals surface area (Å²) in [6, 6.07) is 18.5. The van der Waals surface area contributed by atoms with Crippen LogP contribution in [0.3, 0.4) is 0 Å². The average Bonchev–Trinajstić information content (AvgIpc) is 3.11. The van der Waals surface area contributed by atoms with Gasteiger partial charge in [-0.1, -0.05) is 66.2 Å². The Hall–Kier alpha value is -4.33. The van der Waals surface area contributed by atoms with Gasteiger partial charge in [0.05, 0.1) is 38.6 Å². The number of ether oxygens (including phenoxy) is 4. The van der Waals surface area contributed by atoms with E-state index in [1.54, 1.807) is 26.4 Å². The number of nitrogens with zero attached hydrogens (tertiary/aromatic N) is 3. The van der Waals surface area contributed by atoms with Gasteiger partial charge in [-0.25, -0.2) is 15.0 Å². The summed E-state index contributed by atoms with van der Waals surface area (Å²) in [5, 5.41) is 11.2. The van der Waals surface area contributed by atoms with Gasteiger partial charge in [0.25, 0.3) is 0 Å². The first-order valence-electron chi connectivity index (χ1n) is 17.1. The number of phenolic OH excluding ortho intramolecular Hbond substituents is 1. The summed E-state index contributed by atoms with van der Waals surface area (Å²) in [6.07, 6.45) is 9.15. The van der Waals surface area contributed by atoms with Crippen molar-refractivity contribution in [2.45, 2.75) is 79.1 Å². The zero-order chi connectivity index (χ0) is 33.6. The second-order valence-corrected chi connectivity index (χ2v) is 12.0. The molecule has 0 amide bonds. The Morgan fingerprint density at radius 3 is 1.62 bits per heavy atom. The molecule has 8 nitrogen and oxygen atoms in total. The molecule has 4 rings (SSSR count). The molecule has 4 aromatic rings. The van der Waals surface area contributed by atoms with Crippen molar-refractivity contribution in [3.05, 3.63) is 60.7 Å². The lowest BCUT2D eigenvalue weighted by Crippen LogP contribution is -2.11. The van der Waals surface area contributed by atoms with Crippen LogP contribution < -0.4 is 18.9 Å². The van der Waals surface area contributed by atoms with Gasteiger partial charge in [-0.3, -0.25) is 0 Å². The van der Waals surface area contributed by atoms with Crippen LogP contribution in [0.5, 0.6) is 28.7 Å². The van der Waals surface area contributed by atoms with Crippen LogP contribution in [0.2, 0.25) is 0 Å². The Labute approximate surface area is 280 Å². The van der Waals surface area contributed by atoms with Crippen LogP contribution in [-0.2, 0) is 0 Å². The van der Waals surface area contributed by atoms with Crippen molar-refractivity contribution in [3.8, 4) is 62.9 Å². The van der Waals surface area contributed by atoms with Crippen molar-refractivity contribution in [2.24, 2.45) is 11.8 Å². The molecule has 3 aromatic carbocycles. The summed E-state index contributed by atoms with van der Waals surface area (Å²) < 4.78 is 23.5. The standard InChI is InChI=1S/C39H51N3O5/c1-7-11-13-27(9-3)25-46-31-19-21-33(35(43)23-31)38-40-37(29-15-17-30(44-5)18-16-29)41-39(42-38)34-22-20-32(24-36(34)45-6)47-26-28(10-4)14-12-8-2/h15-24,27-28,43H,7-14,25-26H2,1-6H3. The second kappa shape index (κ2) is 18.1. The number of aromatic hydroxyl groups is 1. The third kappa shape index (κ3) is 9.83. The highest BCUT2D eigenvalue weighted by Gasteiger charge is 2.19. The van der Waals surface area contributed by atoms with Gasteiger partial charge in [-0.05, 0) is 73.2 Å². The summed E-state index contributed by atoms with van der Waals surface area (Å²) in [4.78, 5) is 14.5. The van der Waals surface area contributed by atoms with E-state index >= 15 is 0 Å². The fourth-order valence-electron chi connectivity index (χ4n) is 5.45. The maximum absolute atomic E-state index is 11.2. The van der Waals surface area contributed by atoms with Crippen molar-refractivity contribution in [1.29, 1.82) is 0 Å². The summed E-state index contributed by atoms with van der Waals surface area (Å²) in [6.45, 7) is 10.1. The average molecular weight is 642 g/mol. The monoisotopic (exact) mass is 641 g/mol. The summed E-state index contributed by atoms with van der Waals surface area (Å²) >= 11 is 0. The van der Waals surface area contributed by atoms with E-state index < -0.39 is 0 Å². The first kappa shape index (κ1) is 35.5. The molecule has 0 bridgehead atoms. The SMILES string of the molecule is CCCCC(CC)COc1ccc(-c2nc(-c3ccc(OC)cc3)nc(-c3ccc(OCC(CC)CCCC)cc3OC)n2)c(O)c1. The maximum Gasteiger partial charge on any atom is 0.167 e. The number of rotatable bonds is 19. The fraction of sp³-hybridized carbons (Fsp3) is 0.462. The van der Waals surface area contributed by atoms with Crippen molar-refractivity contribution in [1.82, 2.24) is 15.0 Å².